The predicted octanol–water partition coefficient (Wildman–Crippen LogP) is 1.90. The second kappa shape index (κ2) is 6.02. The lowest BCUT2D eigenvalue weighted by molar-refractivity contribution is -0.117. The number of anilines is 1. The van der Waals surface area contributed by atoms with E-state index in [-0.39, 0.29) is 11.7 Å². The molecule has 4 heteroatoms. The van der Waals surface area contributed by atoms with Crippen LogP contribution >= 0.6 is 0 Å². The zero-order chi connectivity index (χ0) is 13.7. The number of aromatic hydroxyl groups is 1. The van der Waals surface area contributed by atoms with Crippen LogP contribution in [0.1, 0.15) is 5.56 Å². The molecule has 0 heterocycles. The normalized spacial score (nSPS) is 11.8. The van der Waals surface area contributed by atoms with Gasteiger partial charge in [-0.05, 0) is 24.1 Å². The lowest BCUT2D eigenvalue weighted by Crippen LogP contribution is -2.37. The van der Waals surface area contributed by atoms with Crippen LogP contribution in [-0.4, -0.2) is 17.1 Å². The van der Waals surface area contributed by atoms with E-state index in [2.05, 4.69) is 5.32 Å². The van der Waals surface area contributed by atoms with Gasteiger partial charge in [0.25, 0.3) is 0 Å². The number of nitrogens with two attached hydrogens (primary N) is 1. The van der Waals surface area contributed by atoms with Crippen molar-refractivity contribution < 1.29 is 9.90 Å². The summed E-state index contributed by atoms with van der Waals surface area (Å²) in [5.41, 5.74) is 7.41. The van der Waals surface area contributed by atoms with Crippen molar-refractivity contribution in [2.45, 2.75) is 12.5 Å². The molecule has 0 aromatic heterocycles. The Morgan fingerprint density at radius 2 is 1.89 bits per heavy atom. The number of carbonyl (C=O) groups is 1. The van der Waals surface area contributed by atoms with E-state index in [9.17, 15) is 9.90 Å². The van der Waals surface area contributed by atoms with E-state index in [0.29, 0.717) is 12.1 Å². The molecule has 0 bridgehead atoms. The molecule has 0 aliphatic carbocycles. The fraction of sp³-hybridized carbons (Fsp3) is 0.133. The van der Waals surface area contributed by atoms with Gasteiger partial charge in [-0.2, -0.15) is 0 Å². The average Bonchev–Trinajstić information content (AvgIpc) is 2.40. The van der Waals surface area contributed by atoms with E-state index in [0.717, 1.165) is 5.56 Å². The summed E-state index contributed by atoms with van der Waals surface area (Å²) in [5.74, 6) is -0.163. The summed E-state index contributed by atoms with van der Waals surface area (Å²) in [4.78, 5) is 11.9. The topological polar surface area (TPSA) is 75.4 Å². The highest BCUT2D eigenvalue weighted by Crippen LogP contribution is 2.15. The molecule has 0 aliphatic heterocycles. The summed E-state index contributed by atoms with van der Waals surface area (Å²) < 4.78 is 0. The van der Waals surface area contributed by atoms with E-state index in [4.69, 9.17) is 5.73 Å². The smallest absolute Gasteiger partial charge is 0.241 e. The van der Waals surface area contributed by atoms with Crippen LogP contribution in [0.3, 0.4) is 0 Å². The number of amides is 1. The third-order valence-corrected chi connectivity index (χ3v) is 2.75. The molecule has 2 aromatic rings. The van der Waals surface area contributed by atoms with Crippen LogP contribution in [0.2, 0.25) is 0 Å². The molecule has 0 spiro atoms. The van der Waals surface area contributed by atoms with Gasteiger partial charge < -0.3 is 16.2 Å². The molecule has 4 nitrogen and oxygen atoms in total. The summed E-state index contributed by atoms with van der Waals surface area (Å²) in [6.07, 6.45) is 0.478. The maximum atomic E-state index is 11.9. The van der Waals surface area contributed by atoms with E-state index >= 15 is 0 Å². The van der Waals surface area contributed by atoms with Crippen molar-refractivity contribution in [1.82, 2.24) is 0 Å². The van der Waals surface area contributed by atoms with Gasteiger partial charge in [-0.1, -0.05) is 36.4 Å². The number of benzene rings is 2. The van der Waals surface area contributed by atoms with E-state index in [1.165, 1.54) is 6.07 Å². The van der Waals surface area contributed by atoms with Crippen LogP contribution < -0.4 is 11.1 Å². The Balaban J connectivity index is 1.96. The number of rotatable bonds is 4. The first-order valence-electron chi connectivity index (χ1n) is 6.04. The van der Waals surface area contributed by atoms with Crippen LogP contribution in [-0.2, 0) is 11.2 Å². The first-order chi connectivity index (χ1) is 9.15. The predicted molar refractivity (Wildman–Crippen MR) is 74.9 cm³/mol. The van der Waals surface area contributed by atoms with E-state index < -0.39 is 6.04 Å². The fourth-order valence-corrected chi connectivity index (χ4v) is 1.78. The number of hydrogen-bond donors (Lipinski definition) is 3. The van der Waals surface area contributed by atoms with Crippen molar-refractivity contribution in [1.29, 1.82) is 0 Å². The third-order valence-electron chi connectivity index (χ3n) is 2.75. The molecule has 0 radical (unpaired) electrons. The van der Waals surface area contributed by atoms with Gasteiger partial charge in [-0.3, -0.25) is 4.79 Å². The van der Waals surface area contributed by atoms with E-state index in [1.807, 2.05) is 30.3 Å². The summed E-state index contributed by atoms with van der Waals surface area (Å²) in [6, 6.07) is 15.4. The second-order valence-corrected chi connectivity index (χ2v) is 4.34. The van der Waals surface area contributed by atoms with Crippen molar-refractivity contribution in [3.05, 3.63) is 60.2 Å². The minimum atomic E-state index is -0.621. The van der Waals surface area contributed by atoms with Gasteiger partial charge in [0.05, 0.1) is 6.04 Å². The fourth-order valence-electron chi connectivity index (χ4n) is 1.78. The summed E-state index contributed by atoms with van der Waals surface area (Å²) >= 11 is 0. The van der Waals surface area contributed by atoms with Gasteiger partial charge in [-0.15, -0.1) is 0 Å². The van der Waals surface area contributed by atoms with Crippen LogP contribution in [0.5, 0.6) is 5.75 Å². The molecule has 4 N–H and O–H groups in total. The van der Waals surface area contributed by atoms with Crippen molar-refractivity contribution in [3.63, 3.8) is 0 Å². The van der Waals surface area contributed by atoms with Gasteiger partial charge in [0.1, 0.15) is 5.75 Å². The minimum Gasteiger partial charge on any atom is -0.508 e. The van der Waals surface area contributed by atoms with Crippen molar-refractivity contribution >= 4 is 11.6 Å². The van der Waals surface area contributed by atoms with Gasteiger partial charge in [0.2, 0.25) is 5.91 Å². The number of nitrogens with one attached hydrogen (secondary N) is 1. The first-order valence-corrected chi connectivity index (χ1v) is 6.04. The lowest BCUT2D eigenvalue weighted by atomic mass is 10.1. The van der Waals surface area contributed by atoms with Crippen LogP contribution in [0.15, 0.2) is 54.6 Å². The second-order valence-electron chi connectivity index (χ2n) is 4.34. The van der Waals surface area contributed by atoms with Crippen molar-refractivity contribution in [2.24, 2.45) is 5.73 Å². The zero-order valence-corrected chi connectivity index (χ0v) is 10.4. The standard InChI is InChI=1S/C15H16N2O2/c16-14(9-11-5-2-1-3-6-11)15(19)17-12-7-4-8-13(18)10-12/h1-8,10,14,18H,9,16H2,(H,17,19)/t14-/m0/s1. The Morgan fingerprint density at radius 3 is 2.58 bits per heavy atom. The Hall–Kier alpha value is -2.33. The molecule has 98 valence electrons. The van der Waals surface area contributed by atoms with Gasteiger partial charge in [-0.25, -0.2) is 0 Å². The van der Waals surface area contributed by atoms with E-state index in [1.54, 1.807) is 18.2 Å². The van der Waals surface area contributed by atoms with Crippen LogP contribution in [0.25, 0.3) is 0 Å². The molecular formula is C15H16N2O2. The molecule has 1 atom stereocenters. The Labute approximate surface area is 111 Å². The Morgan fingerprint density at radius 1 is 1.16 bits per heavy atom. The monoisotopic (exact) mass is 256 g/mol. The molecule has 19 heavy (non-hydrogen) atoms. The highest BCUT2D eigenvalue weighted by molar-refractivity contribution is 5.95. The molecule has 0 aliphatic rings. The zero-order valence-electron chi connectivity index (χ0n) is 10.4. The third kappa shape index (κ3) is 3.82. The average molecular weight is 256 g/mol. The van der Waals surface area contributed by atoms with Crippen molar-refractivity contribution in [3.8, 4) is 5.75 Å². The number of hydrogen-bond acceptors (Lipinski definition) is 3. The summed E-state index contributed by atoms with van der Waals surface area (Å²) in [5, 5.41) is 12.0. The molecule has 0 saturated heterocycles. The molecule has 2 rings (SSSR count). The molecule has 2 aromatic carbocycles. The van der Waals surface area contributed by atoms with Gasteiger partial charge in [0, 0.05) is 11.8 Å². The molecule has 0 unspecified atom stereocenters. The molecule has 1 amide bonds. The molecule has 0 saturated carbocycles. The molecule has 0 fully saturated rings. The number of phenols is 1. The minimum absolute atomic E-state index is 0.106. The van der Waals surface area contributed by atoms with Crippen molar-refractivity contribution in [2.75, 3.05) is 5.32 Å². The van der Waals surface area contributed by atoms with Crippen LogP contribution in [0, 0.1) is 0 Å². The Kier molecular flexibility index (Phi) is 4.15. The maximum Gasteiger partial charge on any atom is 0.241 e. The van der Waals surface area contributed by atoms with Gasteiger partial charge in [0.15, 0.2) is 0 Å². The first kappa shape index (κ1) is 13.1. The Bertz CT molecular complexity index is 555. The van der Waals surface area contributed by atoms with Crippen LogP contribution in [0.4, 0.5) is 5.69 Å². The number of phenolic OH excluding ortho intramolecular Hbond substituents is 1. The quantitative estimate of drug-likeness (QED) is 0.782. The summed E-state index contributed by atoms with van der Waals surface area (Å²) in [7, 11) is 0. The highest BCUT2D eigenvalue weighted by Gasteiger charge is 2.14. The lowest BCUT2D eigenvalue weighted by Gasteiger charge is -2.12. The SMILES string of the molecule is N[C@@H](Cc1ccccc1)C(=O)Nc1cccc(O)c1. The van der Waals surface area contributed by atoms with Gasteiger partial charge >= 0.3 is 0 Å². The maximum absolute atomic E-state index is 11.9. The molecular weight excluding hydrogens is 240 g/mol. The largest absolute Gasteiger partial charge is 0.508 e. The highest BCUT2D eigenvalue weighted by atomic mass is 16.3. The number of carbonyl (C=O) groups excluding carboxylic acids is 1. The summed E-state index contributed by atoms with van der Waals surface area (Å²) in [6.45, 7) is 0.